The summed E-state index contributed by atoms with van der Waals surface area (Å²) in [5.41, 5.74) is 1.88. The van der Waals surface area contributed by atoms with Crippen LogP contribution in [-0.4, -0.2) is 35.8 Å². The van der Waals surface area contributed by atoms with Crippen molar-refractivity contribution in [1.29, 1.82) is 0 Å². The Morgan fingerprint density at radius 1 is 1.07 bits per heavy atom. The molecule has 4 nitrogen and oxygen atoms in total. The minimum absolute atomic E-state index is 0.0976. The van der Waals surface area contributed by atoms with Gasteiger partial charge in [-0.25, -0.2) is 4.79 Å². The minimum Gasteiger partial charge on any atom is -0.462 e. The number of esters is 1. The van der Waals surface area contributed by atoms with E-state index < -0.39 is 6.04 Å². The van der Waals surface area contributed by atoms with Crippen LogP contribution in [0.5, 0.6) is 0 Å². The van der Waals surface area contributed by atoms with Gasteiger partial charge >= 0.3 is 5.97 Å². The second-order valence-electron chi connectivity index (χ2n) is 7.51. The minimum atomic E-state index is -0.586. The lowest BCUT2D eigenvalue weighted by molar-refractivity contribution is -0.139. The number of ether oxygens (including phenoxy) is 1. The molecule has 6 heteroatoms. The molecule has 2 heterocycles. The van der Waals surface area contributed by atoms with E-state index in [1.165, 1.54) is 25.7 Å². The molecule has 0 saturated carbocycles. The normalized spacial score (nSPS) is 18.1. The third-order valence-corrected chi connectivity index (χ3v) is 5.99. The molecule has 1 aromatic carbocycles. The Kier molecular flexibility index (Phi) is 7.79. The van der Waals surface area contributed by atoms with E-state index in [0.29, 0.717) is 40.8 Å². The fraction of sp³-hybridized carbons (Fsp3) is 0.478. The van der Waals surface area contributed by atoms with Gasteiger partial charge in [-0.05, 0) is 43.2 Å². The van der Waals surface area contributed by atoms with Crippen molar-refractivity contribution in [3.05, 3.63) is 57.2 Å². The van der Waals surface area contributed by atoms with Gasteiger partial charge in [0.25, 0.3) is 0 Å². The lowest BCUT2D eigenvalue weighted by Gasteiger charge is -2.23. The topological polar surface area (TPSA) is 46.6 Å². The Morgan fingerprint density at radius 3 is 2.48 bits per heavy atom. The summed E-state index contributed by atoms with van der Waals surface area (Å²) >= 11 is 12.3. The maximum Gasteiger partial charge on any atom is 0.336 e. The summed E-state index contributed by atoms with van der Waals surface area (Å²) in [6, 6.07) is 6.18. The zero-order chi connectivity index (χ0) is 20.8. The van der Waals surface area contributed by atoms with Gasteiger partial charge in [0.05, 0.1) is 17.2 Å². The molecule has 0 spiro atoms. The van der Waals surface area contributed by atoms with Crippen LogP contribution in [0, 0.1) is 0 Å². The Bertz CT molecular complexity index is 814. The molecule has 0 amide bonds. The number of benzene rings is 1. The summed E-state index contributed by atoms with van der Waals surface area (Å²) in [5.74, 6) is -0.393. The highest BCUT2D eigenvalue weighted by Crippen LogP contribution is 2.38. The number of carbonyl (C=O) groups excluding carboxylic acids is 2. The molecular weight excluding hydrogens is 409 g/mol. The van der Waals surface area contributed by atoms with Crippen LogP contribution in [0.3, 0.4) is 0 Å². The smallest absolute Gasteiger partial charge is 0.336 e. The number of unbranched alkanes of at least 4 members (excludes halogenated alkanes) is 5. The number of allylic oxidation sites excluding steroid dienone is 1. The fourth-order valence-corrected chi connectivity index (χ4v) is 4.28. The quantitative estimate of drug-likeness (QED) is 0.261. The molecule has 3 rings (SSSR count). The maximum absolute atomic E-state index is 13.0. The number of ketones is 1. The molecule has 0 radical (unpaired) electrons. The van der Waals surface area contributed by atoms with E-state index >= 15 is 0 Å². The molecule has 0 bridgehead atoms. The second kappa shape index (κ2) is 10.3. The van der Waals surface area contributed by atoms with E-state index in [1.54, 1.807) is 30.3 Å². The molecular formula is C23H27Cl2NO3. The van der Waals surface area contributed by atoms with E-state index in [0.717, 1.165) is 18.5 Å². The largest absolute Gasteiger partial charge is 0.462 e. The highest BCUT2D eigenvalue weighted by Gasteiger charge is 2.41. The summed E-state index contributed by atoms with van der Waals surface area (Å²) in [6.07, 6.45) is 9.16. The predicted octanol–water partition coefficient (Wildman–Crippen LogP) is 5.89. The predicted molar refractivity (Wildman–Crippen MR) is 116 cm³/mol. The number of nitrogens with zero attached hydrogens (tertiary/aromatic N) is 1. The number of fused-ring (bicyclic) bond motifs is 1. The average molecular weight is 436 g/mol. The van der Waals surface area contributed by atoms with E-state index in [2.05, 4.69) is 6.92 Å². The summed E-state index contributed by atoms with van der Waals surface area (Å²) in [7, 11) is 0. The van der Waals surface area contributed by atoms with Gasteiger partial charge in [-0.3, -0.25) is 4.79 Å². The second-order valence-corrected chi connectivity index (χ2v) is 8.39. The first kappa shape index (κ1) is 21.9. The molecule has 1 aromatic rings. The van der Waals surface area contributed by atoms with Crippen molar-refractivity contribution < 1.29 is 14.3 Å². The SMILES string of the molecule is CCCCCCCCOC(=O)C1=C2C=C(Cl)C(C(=O)c3ccc(Cl)cc3)N2CC1. The van der Waals surface area contributed by atoms with Crippen LogP contribution in [0.4, 0.5) is 0 Å². The van der Waals surface area contributed by atoms with Gasteiger partial charge in [-0.1, -0.05) is 62.2 Å². The van der Waals surface area contributed by atoms with Crippen LogP contribution in [-0.2, 0) is 9.53 Å². The van der Waals surface area contributed by atoms with Crippen LogP contribution >= 0.6 is 23.2 Å². The molecule has 0 fully saturated rings. The summed E-state index contributed by atoms with van der Waals surface area (Å²) in [5, 5.41) is 1.01. The number of hydrogen-bond acceptors (Lipinski definition) is 4. The lowest BCUT2D eigenvalue weighted by Crippen LogP contribution is -2.35. The van der Waals surface area contributed by atoms with Gasteiger partial charge in [0.15, 0.2) is 5.78 Å². The van der Waals surface area contributed by atoms with Crippen molar-refractivity contribution in [1.82, 2.24) is 4.90 Å². The molecule has 2 aliphatic rings. The van der Waals surface area contributed by atoms with Crippen molar-refractivity contribution in [2.75, 3.05) is 13.2 Å². The molecule has 0 aliphatic carbocycles. The van der Waals surface area contributed by atoms with Crippen molar-refractivity contribution in [3.63, 3.8) is 0 Å². The van der Waals surface area contributed by atoms with Gasteiger partial charge in [-0.2, -0.15) is 0 Å². The zero-order valence-electron chi connectivity index (χ0n) is 16.8. The monoisotopic (exact) mass is 435 g/mol. The van der Waals surface area contributed by atoms with Crippen LogP contribution < -0.4 is 0 Å². The van der Waals surface area contributed by atoms with Crippen LogP contribution in [0.25, 0.3) is 0 Å². The summed E-state index contributed by atoms with van der Waals surface area (Å²) in [4.78, 5) is 27.4. The van der Waals surface area contributed by atoms with Crippen molar-refractivity contribution in [3.8, 4) is 0 Å². The molecule has 1 atom stereocenters. The van der Waals surface area contributed by atoms with Gasteiger partial charge in [0.1, 0.15) is 6.04 Å². The van der Waals surface area contributed by atoms with Crippen molar-refractivity contribution in [2.45, 2.75) is 57.9 Å². The first-order chi connectivity index (χ1) is 14.0. The highest BCUT2D eigenvalue weighted by atomic mass is 35.5. The zero-order valence-corrected chi connectivity index (χ0v) is 18.3. The van der Waals surface area contributed by atoms with Crippen LogP contribution in [0.2, 0.25) is 5.02 Å². The fourth-order valence-electron chi connectivity index (χ4n) is 3.83. The van der Waals surface area contributed by atoms with E-state index in [1.807, 2.05) is 4.90 Å². The number of carbonyl (C=O) groups is 2. The Morgan fingerprint density at radius 2 is 1.76 bits per heavy atom. The van der Waals surface area contributed by atoms with E-state index in [4.69, 9.17) is 27.9 Å². The highest BCUT2D eigenvalue weighted by molar-refractivity contribution is 6.34. The Labute approximate surface area is 182 Å². The standard InChI is InChI=1S/C23H27Cl2NO3/c1-2-3-4-5-6-7-14-29-23(28)18-12-13-26-20(18)15-19(25)21(26)22(27)16-8-10-17(24)11-9-16/h8-11,15,21H,2-7,12-14H2,1H3. The van der Waals surface area contributed by atoms with Gasteiger partial charge < -0.3 is 9.64 Å². The molecule has 2 aliphatic heterocycles. The molecule has 1 unspecified atom stereocenters. The van der Waals surface area contributed by atoms with Crippen molar-refractivity contribution >= 4 is 35.0 Å². The Balaban J connectivity index is 1.59. The number of rotatable bonds is 10. The number of Topliss-reactive ketones (excluding diaryl/α,β-unsaturated/α-hetero) is 1. The summed E-state index contributed by atoms with van der Waals surface area (Å²) < 4.78 is 5.47. The van der Waals surface area contributed by atoms with Gasteiger partial charge in [0, 0.05) is 22.8 Å². The van der Waals surface area contributed by atoms with Gasteiger partial charge in [-0.15, -0.1) is 0 Å². The summed E-state index contributed by atoms with van der Waals surface area (Å²) in [6.45, 7) is 3.21. The number of hydrogen-bond donors (Lipinski definition) is 0. The van der Waals surface area contributed by atoms with E-state index in [-0.39, 0.29) is 11.8 Å². The van der Waals surface area contributed by atoms with Crippen molar-refractivity contribution in [2.24, 2.45) is 0 Å². The molecule has 0 N–H and O–H groups in total. The molecule has 0 saturated heterocycles. The Hall–Kier alpha value is -1.78. The van der Waals surface area contributed by atoms with E-state index in [9.17, 15) is 9.59 Å². The third-order valence-electron chi connectivity index (χ3n) is 5.42. The van der Waals surface area contributed by atoms with Crippen LogP contribution in [0.1, 0.15) is 62.2 Å². The maximum atomic E-state index is 13.0. The third kappa shape index (κ3) is 5.23. The average Bonchev–Trinajstić information content (AvgIpc) is 3.25. The number of halogens is 2. The van der Waals surface area contributed by atoms with Crippen LogP contribution in [0.15, 0.2) is 46.6 Å². The molecule has 0 aromatic heterocycles. The molecule has 156 valence electrons. The lowest BCUT2D eigenvalue weighted by atomic mass is 10.0. The first-order valence-electron chi connectivity index (χ1n) is 10.4. The first-order valence-corrected chi connectivity index (χ1v) is 11.1. The van der Waals surface area contributed by atoms with Gasteiger partial charge in [0.2, 0.25) is 0 Å². The molecule has 29 heavy (non-hydrogen) atoms.